The maximum Gasteiger partial charge on any atom is 0.272 e. The number of aryl methyl sites for hydroxylation is 2. The highest BCUT2D eigenvalue weighted by atomic mass is 16.1. The predicted octanol–water partition coefficient (Wildman–Crippen LogP) is 5.41. The first kappa shape index (κ1) is 26.1. The molecule has 5 aromatic carbocycles. The molecular weight excluding hydrogens is 534 g/mol. The summed E-state index contributed by atoms with van der Waals surface area (Å²) in [5, 5.41) is 10.1. The predicted molar refractivity (Wildman–Crippen MR) is 174 cm³/mol. The molecule has 0 unspecified atom stereocenters. The summed E-state index contributed by atoms with van der Waals surface area (Å²) < 4.78 is 4.61. The van der Waals surface area contributed by atoms with Crippen LogP contribution in [0, 0.1) is 0 Å². The quantitative estimate of drug-likeness (QED) is 0.141. The molecule has 0 bridgehead atoms. The van der Waals surface area contributed by atoms with E-state index in [9.17, 15) is 9.59 Å². The highest BCUT2D eigenvalue weighted by molar-refractivity contribution is 6.18. The van der Waals surface area contributed by atoms with Gasteiger partial charge in [-0.1, -0.05) is 54.6 Å². The Morgan fingerprint density at radius 2 is 0.814 bits per heavy atom. The van der Waals surface area contributed by atoms with Gasteiger partial charge in [0.15, 0.2) is 0 Å². The Labute approximate surface area is 246 Å². The molecule has 0 aliphatic carbocycles. The molecule has 4 N–H and O–H groups in total. The Morgan fingerprint density at radius 3 is 1.21 bits per heavy atom. The van der Waals surface area contributed by atoms with Crippen LogP contribution in [0.25, 0.3) is 65.5 Å². The number of benzene rings is 5. The van der Waals surface area contributed by atoms with E-state index >= 15 is 0 Å². The average molecular weight is 564 g/mol. The molecule has 0 fully saturated rings. The van der Waals surface area contributed by atoms with E-state index in [1.54, 1.807) is 18.2 Å². The summed E-state index contributed by atoms with van der Waals surface area (Å²) in [7, 11) is 4.32. The lowest BCUT2D eigenvalue weighted by molar-refractivity contribution is -0.617. The molecule has 0 atom stereocenters. The van der Waals surface area contributed by atoms with Gasteiger partial charge in [0.25, 0.3) is 11.1 Å². The first-order chi connectivity index (χ1) is 21.0. The number of fused-ring (bicyclic) bond motifs is 5. The topological polar surface area (TPSA) is 99.5 Å². The lowest BCUT2D eigenvalue weighted by Crippen LogP contribution is -2.31. The van der Waals surface area contributed by atoms with E-state index in [1.165, 1.54) is 54.7 Å². The SMILES string of the molecule is C[n+]1c2ccccc2c(-c2c3ccccc3[n+](C)c3ccccc23)c2ccccc21.Nc1cccc2c(=O)[nH][nH]c(=O)c12. The van der Waals surface area contributed by atoms with Crippen molar-refractivity contribution in [3.8, 4) is 11.1 Å². The fourth-order valence-corrected chi connectivity index (χ4v) is 6.25. The molecule has 0 spiro atoms. The normalized spacial score (nSPS) is 11.3. The molecule has 3 aromatic heterocycles. The van der Waals surface area contributed by atoms with Gasteiger partial charge in [0.1, 0.15) is 14.1 Å². The van der Waals surface area contributed by atoms with E-state index in [-0.39, 0.29) is 16.5 Å². The number of hydrogen-bond donors (Lipinski definition) is 3. The third-order valence-corrected chi connectivity index (χ3v) is 8.25. The summed E-state index contributed by atoms with van der Waals surface area (Å²) in [5.74, 6) is 0. The maximum atomic E-state index is 11.2. The molecule has 7 heteroatoms. The summed E-state index contributed by atoms with van der Waals surface area (Å²) in [4.78, 5) is 22.4. The van der Waals surface area contributed by atoms with Crippen LogP contribution in [-0.4, -0.2) is 10.2 Å². The second-order valence-corrected chi connectivity index (χ2v) is 10.6. The van der Waals surface area contributed by atoms with Gasteiger partial charge >= 0.3 is 0 Å². The Hall–Kier alpha value is -5.82. The van der Waals surface area contributed by atoms with Crippen molar-refractivity contribution in [3.63, 3.8) is 0 Å². The zero-order valence-electron chi connectivity index (χ0n) is 23.8. The third-order valence-electron chi connectivity index (χ3n) is 8.25. The second kappa shape index (κ2) is 10.2. The van der Waals surface area contributed by atoms with Crippen LogP contribution in [0.1, 0.15) is 0 Å². The minimum absolute atomic E-state index is 0.242. The van der Waals surface area contributed by atoms with Crippen LogP contribution >= 0.6 is 0 Å². The summed E-state index contributed by atoms with van der Waals surface area (Å²) in [6, 6.07) is 39.8. The number of nitrogens with one attached hydrogen (secondary N) is 2. The van der Waals surface area contributed by atoms with Crippen molar-refractivity contribution in [2.75, 3.05) is 5.73 Å². The smallest absolute Gasteiger partial charge is 0.272 e. The van der Waals surface area contributed by atoms with Crippen LogP contribution in [0.4, 0.5) is 5.69 Å². The largest absolute Gasteiger partial charge is 0.398 e. The minimum Gasteiger partial charge on any atom is -0.398 e. The van der Waals surface area contributed by atoms with Gasteiger partial charge in [-0.15, -0.1) is 0 Å². The molecule has 0 aliphatic rings. The lowest BCUT2D eigenvalue weighted by Gasteiger charge is -2.14. The molecule has 0 saturated heterocycles. The van der Waals surface area contributed by atoms with Crippen molar-refractivity contribution in [1.82, 2.24) is 10.2 Å². The number of H-pyrrole nitrogens is 2. The first-order valence-corrected chi connectivity index (χ1v) is 14.0. The van der Waals surface area contributed by atoms with Crippen LogP contribution in [0.5, 0.6) is 0 Å². The molecule has 7 nitrogen and oxygen atoms in total. The highest BCUT2D eigenvalue weighted by Crippen LogP contribution is 2.40. The second-order valence-electron chi connectivity index (χ2n) is 10.6. The van der Waals surface area contributed by atoms with E-state index in [0.717, 1.165) is 0 Å². The lowest BCUT2D eigenvalue weighted by atomic mass is 9.90. The van der Waals surface area contributed by atoms with E-state index in [0.29, 0.717) is 11.1 Å². The van der Waals surface area contributed by atoms with Crippen molar-refractivity contribution in [2.24, 2.45) is 14.1 Å². The van der Waals surface area contributed by atoms with Gasteiger partial charge in [0.2, 0.25) is 22.1 Å². The van der Waals surface area contributed by atoms with Gasteiger partial charge < -0.3 is 5.73 Å². The molecule has 0 aliphatic heterocycles. The van der Waals surface area contributed by atoms with E-state index < -0.39 is 0 Å². The first-order valence-electron chi connectivity index (χ1n) is 14.0. The van der Waals surface area contributed by atoms with Gasteiger partial charge in [-0.3, -0.25) is 19.8 Å². The number of nitrogens with two attached hydrogens (primary N) is 1. The van der Waals surface area contributed by atoms with Crippen molar-refractivity contribution >= 4 is 60.1 Å². The monoisotopic (exact) mass is 563 g/mol. The maximum absolute atomic E-state index is 11.2. The summed E-state index contributed by atoms with van der Waals surface area (Å²) in [6.45, 7) is 0. The number of anilines is 1. The zero-order chi connectivity index (χ0) is 29.7. The molecular formula is C36H29N5O2+2. The van der Waals surface area contributed by atoms with Gasteiger partial charge in [0.05, 0.1) is 32.3 Å². The molecule has 208 valence electrons. The number of aromatic nitrogens is 4. The summed E-state index contributed by atoms with van der Waals surface area (Å²) in [5.41, 5.74) is 12.7. The van der Waals surface area contributed by atoms with E-state index in [4.69, 9.17) is 5.73 Å². The molecule has 0 radical (unpaired) electrons. The van der Waals surface area contributed by atoms with Crippen molar-refractivity contribution in [3.05, 3.63) is 136 Å². The van der Waals surface area contributed by atoms with Crippen molar-refractivity contribution in [1.29, 1.82) is 0 Å². The van der Waals surface area contributed by atoms with Crippen LogP contribution in [0.3, 0.4) is 0 Å². The molecule has 43 heavy (non-hydrogen) atoms. The van der Waals surface area contributed by atoms with E-state index in [2.05, 4.69) is 130 Å². The number of nitrogens with zero attached hydrogens (tertiary/aromatic N) is 2. The van der Waals surface area contributed by atoms with Gasteiger partial charge in [-0.2, -0.15) is 9.13 Å². The van der Waals surface area contributed by atoms with Crippen LogP contribution in [0.15, 0.2) is 125 Å². The van der Waals surface area contributed by atoms with Crippen molar-refractivity contribution in [2.45, 2.75) is 0 Å². The van der Waals surface area contributed by atoms with Crippen LogP contribution in [-0.2, 0) is 14.1 Å². The van der Waals surface area contributed by atoms with Crippen LogP contribution in [0.2, 0.25) is 0 Å². The average Bonchev–Trinajstić information content (AvgIpc) is 3.05. The number of nitrogen functional groups attached to an aromatic ring is 1. The van der Waals surface area contributed by atoms with Crippen molar-refractivity contribution < 1.29 is 9.13 Å². The van der Waals surface area contributed by atoms with Crippen LogP contribution < -0.4 is 26.0 Å². The number of para-hydroxylation sites is 4. The third kappa shape index (κ3) is 4.13. The molecule has 8 rings (SSSR count). The van der Waals surface area contributed by atoms with Gasteiger partial charge in [-0.25, -0.2) is 0 Å². The van der Waals surface area contributed by atoms with E-state index in [1.807, 2.05) is 0 Å². The minimum atomic E-state index is -0.382. The zero-order valence-corrected chi connectivity index (χ0v) is 23.8. The standard InChI is InChI=1S/C28H22N2.C8H7N3O2/c1-29-23-15-7-3-11-19(23)27(20-12-4-8-16-24(20)29)28-21-13-5-9-17-25(21)30(2)26-18-10-6-14-22(26)28;9-5-3-1-2-4-6(5)8(13)11-10-7(4)12/h3-18H,1-2H3;1-3H,9H2,(H,10,12)(H,11,13)/q+2;. The number of pyridine rings is 2. The Balaban J connectivity index is 0.000000193. The number of rotatable bonds is 1. The Morgan fingerprint density at radius 1 is 0.465 bits per heavy atom. The fourth-order valence-electron chi connectivity index (χ4n) is 6.25. The Bertz CT molecular complexity index is 2260. The highest BCUT2D eigenvalue weighted by Gasteiger charge is 2.25. The molecule has 8 aromatic rings. The van der Waals surface area contributed by atoms with Gasteiger partial charge in [-0.05, 0) is 36.4 Å². The summed E-state index contributed by atoms with van der Waals surface area (Å²) in [6.07, 6.45) is 0. The fraction of sp³-hybridized carbons (Fsp3) is 0.0556. The molecule has 0 saturated carbocycles. The molecule has 0 amide bonds. The Kier molecular flexibility index (Phi) is 6.21. The molecule has 3 heterocycles. The van der Waals surface area contributed by atoms with Gasteiger partial charge in [0, 0.05) is 41.1 Å². The number of hydrogen-bond acceptors (Lipinski definition) is 3. The number of aromatic amines is 2. The summed E-state index contributed by atoms with van der Waals surface area (Å²) >= 11 is 0.